The lowest BCUT2D eigenvalue weighted by Crippen LogP contribution is -2.51. The fraction of sp³-hybridized carbons (Fsp3) is 0.907. The largest absolute Gasteiger partial charge is 0.446 e. The molecule has 8 atom stereocenters. The zero-order valence-corrected chi connectivity index (χ0v) is 43.9. The highest BCUT2D eigenvalue weighted by Crippen LogP contribution is 2.67. The number of carbonyl (C=O) groups excluding carboxylic acids is 3. The maximum Gasteiger partial charge on any atom is 0.408 e. The van der Waals surface area contributed by atoms with E-state index in [0.717, 1.165) is 54.8 Å². The van der Waals surface area contributed by atoms with Crippen LogP contribution in [0.3, 0.4) is 0 Å². The Morgan fingerprint density at radius 2 is 1.36 bits per heavy atom. The van der Waals surface area contributed by atoms with Gasteiger partial charge in [-0.1, -0.05) is 65.5 Å². The van der Waals surface area contributed by atoms with Crippen LogP contribution in [0.2, 0.25) is 0 Å². The zero-order chi connectivity index (χ0) is 47.9. The van der Waals surface area contributed by atoms with Gasteiger partial charge in [0.25, 0.3) is 0 Å². The van der Waals surface area contributed by atoms with Crippen molar-refractivity contribution >= 4 is 18.1 Å². The van der Waals surface area contributed by atoms with Crippen LogP contribution in [0.1, 0.15) is 214 Å². The third-order valence-electron chi connectivity index (χ3n) is 16.2. The second kappa shape index (κ2) is 21.7. The minimum Gasteiger partial charge on any atom is -0.446 e. The first-order valence-corrected chi connectivity index (χ1v) is 25.7. The van der Waals surface area contributed by atoms with Gasteiger partial charge in [-0.2, -0.15) is 0 Å². The van der Waals surface area contributed by atoms with Gasteiger partial charge >= 0.3 is 12.2 Å². The summed E-state index contributed by atoms with van der Waals surface area (Å²) in [5.41, 5.74) is -0.204. The van der Waals surface area contributed by atoms with E-state index in [1.807, 2.05) is 76.2 Å². The van der Waals surface area contributed by atoms with Gasteiger partial charge in [-0.05, 0) is 193 Å². The second-order valence-electron chi connectivity index (χ2n) is 25.4. The van der Waals surface area contributed by atoms with E-state index >= 15 is 0 Å². The van der Waals surface area contributed by atoms with Crippen molar-refractivity contribution in [1.82, 2.24) is 16.0 Å². The minimum absolute atomic E-state index is 0.0290. The molecule has 0 unspecified atom stereocenters. The molecule has 4 aliphatic carbocycles. The predicted octanol–water partition coefficient (Wildman–Crippen LogP) is 12.9. The van der Waals surface area contributed by atoms with Gasteiger partial charge in [-0.3, -0.25) is 4.79 Å². The Kier molecular flexibility index (Phi) is 18.4. The molecule has 370 valence electrons. The lowest BCUT2D eigenvalue weighted by atomic mass is 9.47. The number of amides is 3. The van der Waals surface area contributed by atoms with E-state index in [1.54, 1.807) is 5.57 Å². The third-order valence-corrected chi connectivity index (χ3v) is 16.2. The molecule has 4 aliphatic rings. The molecule has 3 fully saturated rings. The van der Waals surface area contributed by atoms with Crippen molar-refractivity contribution in [3.63, 3.8) is 0 Å². The second-order valence-corrected chi connectivity index (χ2v) is 25.4. The first-order chi connectivity index (χ1) is 29.4. The maximum absolute atomic E-state index is 13.1. The van der Waals surface area contributed by atoms with Crippen molar-refractivity contribution in [2.45, 2.75) is 247 Å². The summed E-state index contributed by atoms with van der Waals surface area (Å²) < 4.78 is 23.9. The number of nitrogens with one attached hydrogen (secondary N) is 3. The Hall–Kier alpha value is -2.33. The predicted molar refractivity (Wildman–Crippen MR) is 260 cm³/mol. The van der Waals surface area contributed by atoms with Gasteiger partial charge in [0.1, 0.15) is 11.7 Å². The molecule has 10 heteroatoms. The number of rotatable bonds is 22. The van der Waals surface area contributed by atoms with Crippen LogP contribution in [0.15, 0.2) is 11.6 Å². The van der Waals surface area contributed by atoms with E-state index < -0.39 is 34.0 Å². The Labute approximate surface area is 391 Å². The number of hydrogen-bond donors (Lipinski definition) is 3. The molecule has 0 aromatic carbocycles. The van der Waals surface area contributed by atoms with Crippen LogP contribution >= 0.6 is 0 Å². The zero-order valence-electron chi connectivity index (χ0n) is 43.9. The van der Waals surface area contributed by atoms with Crippen LogP contribution in [0.4, 0.5) is 9.59 Å². The molecule has 0 aliphatic heterocycles. The van der Waals surface area contributed by atoms with Gasteiger partial charge in [0.05, 0.1) is 11.2 Å². The highest BCUT2D eigenvalue weighted by Gasteiger charge is 2.59. The fourth-order valence-corrected chi connectivity index (χ4v) is 12.3. The Morgan fingerprint density at radius 3 is 1.98 bits per heavy atom. The standard InChI is InChI=1S/C54H97N3O7/c1-37(2)18-17-19-38(3)42-22-23-43-41-21-20-39-36-40(24-28-53(39,15)44(41)25-29-54(42,43)16)63-46(59)55-33-30-52(13,14)62-34-31-49(7,8)56-45(58)26-27-51(11,12)61-35-32-50(9,10)57-47(60)64-48(4,5)6/h20,37-38,40-44H,17-19,21-36H2,1-16H3,(H,55,59)(H,56,58)(H,57,60)/t38-,40+,41+,42-,43+,44+,53+,54-/m1/s1. The minimum atomic E-state index is -0.561. The van der Waals surface area contributed by atoms with Crippen LogP contribution < -0.4 is 16.0 Å². The highest BCUT2D eigenvalue weighted by molar-refractivity contribution is 5.76. The van der Waals surface area contributed by atoms with Crippen molar-refractivity contribution in [2.24, 2.45) is 46.3 Å². The summed E-state index contributed by atoms with van der Waals surface area (Å²) in [7, 11) is 0. The SMILES string of the molecule is CC(C)CCC[C@@H](C)[C@H]1CC[C@H]2[C@@H]3CC=C4C[C@@H](OC(=O)NCCC(C)(C)OCCC(C)(C)NC(=O)CCC(C)(C)OCCC(C)(C)NC(=O)OC(C)(C)C)CC[C@]4(C)[C@H]3CC[C@]12C. The van der Waals surface area contributed by atoms with Gasteiger partial charge in [-0.15, -0.1) is 0 Å². The van der Waals surface area contributed by atoms with E-state index in [2.05, 4.69) is 56.6 Å². The number of carbonyl (C=O) groups is 3. The molecular weight excluding hydrogens is 803 g/mol. The average molecular weight is 900 g/mol. The summed E-state index contributed by atoms with van der Waals surface area (Å²) in [6, 6.07) is 0. The summed E-state index contributed by atoms with van der Waals surface area (Å²) >= 11 is 0. The molecule has 4 rings (SSSR count). The van der Waals surface area contributed by atoms with Gasteiger partial charge in [0.15, 0.2) is 0 Å². The number of fused-ring (bicyclic) bond motifs is 5. The third kappa shape index (κ3) is 15.9. The van der Waals surface area contributed by atoms with Gasteiger partial charge in [0.2, 0.25) is 5.91 Å². The van der Waals surface area contributed by atoms with E-state index in [-0.39, 0.29) is 23.5 Å². The summed E-state index contributed by atoms with van der Waals surface area (Å²) in [6.45, 7) is 35.4. The van der Waals surface area contributed by atoms with Crippen molar-refractivity contribution in [3.05, 3.63) is 11.6 Å². The summed E-state index contributed by atoms with van der Waals surface area (Å²) in [4.78, 5) is 38.3. The lowest BCUT2D eigenvalue weighted by Gasteiger charge is -2.58. The van der Waals surface area contributed by atoms with Crippen LogP contribution in [0.5, 0.6) is 0 Å². The fourth-order valence-electron chi connectivity index (χ4n) is 12.3. The highest BCUT2D eigenvalue weighted by atomic mass is 16.6. The lowest BCUT2D eigenvalue weighted by molar-refractivity contribution is -0.125. The molecule has 64 heavy (non-hydrogen) atoms. The summed E-state index contributed by atoms with van der Waals surface area (Å²) in [6.07, 6.45) is 18.3. The van der Waals surface area contributed by atoms with Gasteiger partial charge in [-0.25, -0.2) is 9.59 Å². The Bertz CT molecular complexity index is 1580. The van der Waals surface area contributed by atoms with Crippen LogP contribution in [0, 0.1) is 46.3 Å². The van der Waals surface area contributed by atoms with Crippen LogP contribution in [-0.2, 0) is 23.7 Å². The molecule has 3 amide bonds. The molecule has 0 saturated heterocycles. The molecule has 0 radical (unpaired) electrons. The van der Waals surface area contributed by atoms with Crippen molar-refractivity contribution in [1.29, 1.82) is 0 Å². The molecule has 0 heterocycles. The van der Waals surface area contributed by atoms with E-state index in [9.17, 15) is 14.4 Å². The number of alkyl carbamates (subject to hydrolysis) is 2. The first kappa shape index (κ1) is 54.3. The number of hydrogen-bond acceptors (Lipinski definition) is 7. The normalized spacial score (nSPS) is 28.0. The molecule has 3 N–H and O–H groups in total. The van der Waals surface area contributed by atoms with Crippen molar-refractivity contribution in [2.75, 3.05) is 19.8 Å². The number of ether oxygens (including phenoxy) is 4. The monoisotopic (exact) mass is 900 g/mol. The maximum atomic E-state index is 13.1. The smallest absolute Gasteiger partial charge is 0.408 e. The molecule has 0 aromatic heterocycles. The molecule has 0 bridgehead atoms. The van der Waals surface area contributed by atoms with E-state index in [4.69, 9.17) is 18.9 Å². The van der Waals surface area contributed by atoms with Crippen LogP contribution in [0.25, 0.3) is 0 Å². The van der Waals surface area contributed by atoms with Gasteiger partial charge < -0.3 is 34.9 Å². The van der Waals surface area contributed by atoms with Crippen molar-refractivity contribution in [3.8, 4) is 0 Å². The molecule has 0 spiro atoms. The Balaban J connectivity index is 1.12. The topological polar surface area (TPSA) is 124 Å². The molecule has 3 saturated carbocycles. The Morgan fingerprint density at radius 1 is 0.734 bits per heavy atom. The first-order valence-electron chi connectivity index (χ1n) is 25.7. The quantitative estimate of drug-likeness (QED) is 0.0924. The molecule has 0 aromatic rings. The molecule has 10 nitrogen and oxygen atoms in total. The summed E-state index contributed by atoms with van der Waals surface area (Å²) in [5.74, 6) is 4.89. The number of allylic oxidation sites excluding steroid dienone is 1. The van der Waals surface area contributed by atoms with Crippen LogP contribution in [-0.4, -0.2) is 71.8 Å². The van der Waals surface area contributed by atoms with E-state index in [0.29, 0.717) is 57.3 Å². The van der Waals surface area contributed by atoms with Gasteiger partial charge in [0, 0.05) is 43.7 Å². The summed E-state index contributed by atoms with van der Waals surface area (Å²) in [5, 5.41) is 9.11. The average Bonchev–Trinajstić information content (AvgIpc) is 3.49. The van der Waals surface area contributed by atoms with E-state index in [1.165, 1.54) is 51.4 Å². The molecular formula is C54H97N3O7. The van der Waals surface area contributed by atoms with Crippen molar-refractivity contribution < 1.29 is 33.3 Å².